The maximum atomic E-state index is 13.1. The topological polar surface area (TPSA) is 54.7 Å². The van der Waals surface area contributed by atoms with Gasteiger partial charge in [-0.25, -0.2) is 0 Å². The summed E-state index contributed by atoms with van der Waals surface area (Å²) in [6.45, 7) is 8.81. The molecule has 5 heteroatoms. The fourth-order valence-electron chi connectivity index (χ4n) is 4.13. The third kappa shape index (κ3) is 4.51. The second-order valence-electron chi connectivity index (χ2n) is 8.34. The molecule has 1 aromatic heterocycles. The van der Waals surface area contributed by atoms with Gasteiger partial charge in [-0.2, -0.15) is 0 Å². The van der Waals surface area contributed by atoms with Crippen LogP contribution < -0.4 is 10.1 Å². The zero-order chi connectivity index (χ0) is 21.1. The van der Waals surface area contributed by atoms with Gasteiger partial charge in [0, 0.05) is 30.6 Å². The number of carbonyl (C=O) groups is 1. The Morgan fingerprint density at radius 3 is 2.60 bits per heavy atom. The van der Waals surface area contributed by atoms with E-state index in [1.807, 2.05) is 55.5 Å². The summed E-state index contributed by atoms with van der Waals surface area (Å²) in [6, 6.07) is 16.5. The second kappa shape index (κ2) is 8.92. The van der Waals surface area contributed by atoms with Crippen LogP contribution in [-0.4, -0.2) is 36.0 Å². The van der Waals surface area contributed by atoms with Crippen molar-refractivity contribution in [1.29, 1.82) is 0 Å². The Bertz CT molecular complexity index is 1000. The van der Waals surface area contributed by atoms with Gasteiger partial charge in [-0.15, -0.1) is 0 Å². The number of nitrogens with zero attached hydrogens (tertiary/aromatic N) is 1. The number of amides is 1. The highest BCUT2D eigenvalue weighted by Crippen LogP contribution is 2.30. The largest absolute Gasteiger partial charge is 0.489 e. The van der Waals surface area contributed by atoms with Gasteiger partial charge in [0.2, 0.25) is 0 Å². The van der Waals surface area contributed by atoms with E-state index < -0.39 is 0 Å². The quantitative estimate of drug-likeness (QED) is 0.631. The first-order valence-corrected chi connectivity index (χ1v) is 10.8. The van der Waals surface area contributed by atoms with Gasteiger partial charge in [-0.05, 0) is 57.4 Å². The van der Waals surface area contributed by atoms with Crippen molar-refractivity contribution in [2.75, 3.05) is 13.1 Å². The normalized spacial score (nSPS) is 15.6. The van der Waals surface area contributed by atoms with Gasteiger partial charge in [-0.1, -0.05) is 30.3 Å². The molecule has 1 aliphatic heterocycles. The fraction of sp³-hybridized carbons (Fsp3) is 0.400. The molecule has 4 rings (SSSR count). The Morgan fingerprint density at radius 2 is 1.90 bits per heavy atom. The summed E-state index contributed by atoms with van der Waals surface area (Å²) in [5, 5.41) is 4.03. The van der Waals surface area contributed by atoms with Crippen molar-refractivity contribution >= 4 is 16.9 Å². The molecule has 1 saturated heterocycles. The number of nitrogens with one attached hydrogen (secondary N) is 1. The Labute approximate surface area is 178 Å². The average Bonchev–Trinajstić information content (AvgIpc) is 3.08. The number of fused-ring (bicyclic) bond motifs is 1. The van der Waals surface area contributed by atoms with Crippen LogP contribution in [0.25, 0.3) is 11.0 Å². The number of rotatable bonds is 6. The summed E-state index contributed by atoms with van der Waals surface area (Å²) < 4.78 is 11.8. The minimum Gasteiger partial charge on any atom is -0.489 e. The summed E-state index contributed by atoms with van der Waals surface area (Å²) in [6.07, 6.45) is 1.95. The SMILES string of the molecule is Cc1oc2ccc(OCc3ccccc3)cc2c1C(=O)NC1CCN(C(C)C)CC1. The van der Waals surface area contributed by atoms with Crippen LogP contribution in [0.15, 0.2) is 52.9 Å². The Kier molecular flexibility index (Phi) is 6.09. The van der Waals surface area contributed by atoms with Crippen LogP contribution >= 0.6 is 0 Å². The van der Waals surface area contributed by atoms with Gasteiger partial charge >= 0.3 is 0 Å². The molecule has 3 aromatic rings. The van der Waals surface area contributed by atoms with Gasteiger partial charge in [-0.3, -0.25) is 4.79 Å². The van der Waals surface area contributed by atoms with E-state index >= 15 is 0 Å². The van der Waals surface area contributed by atoms with Crippen LogP contribution in [0.3, 0.4) is 0 Å². The molecule has 0 aliphatic carbocycles. The second-order valence-corrected chi connectivity index (χ2v) is 8.34. The van der Waals surface area contributed by atoms with Crippen LogP contribution in [0.1, 0.15) is 48.4 Å². The molecule has 0 saturated carbocycles. The van der Waals surface area contributed by atoms with Crippen molar-refractivity contribution in [3.63, 3.8) is 0 Å². The van der Waals surface area contributed by atoms with E-state index in [0.29, 0.717) is 29.6 Å². The lowest BCUT2D eigenvalue weighted by Crippen LogP contribution is -2.46. The third-order valence-corrected chi connectivity index (χ3v) is 5.91. The van der Waals surface area contributed by atoms with Crippen LogP contribution in [0.5, 0.6) is 5.75 Å². The Hall–Kier alpha value is -2.79. The molecule has 1 aliphatic rings. The summed E-state index contributed by atoms with van der Waals surface area (Å²) in [5.74, 6) is 1.31. The number of hydrogen-bond acceptors (Lipinski definition) is 4. The summed E-state index contributed by atoms with van der Waals surface area (Å²) in [4.78, 5) is 15.5. The van der Waals surface area contributed by atoms with Crippen molar-refractivity contribution < 1.29 is 13.9 Å². The predicted octanol–water partition coefficient (Wildman–Crippen LogP) is 4.92. The number of benzene rings is 2. The summed E-state index contributed by atoms with van der Waals surface area (Å²) >= 11 is 0. The number of piperidine rings is 1. The van der Waals surface area contributed by atoms with E-state index in [2.05, 4.69) is 24.1 Å². The monoisotopic (exact) mass is 406 g/mol. The van der Waals surface area contributed by atoms with Crippen molar-refractivity contribution in [1.82, 2.24) is 10.2 Å². The number of hydrogen-bond donors (Lipinski definition) is 1. The lowest BCUT2D eigenvalue weighted by Gasteiger charge is -2.34. The van der Waals surface area contributed by atoms with Crippen LogP contribution in [0, 0.1) is 6.92 Å². The fourth-order valence-corrected chi connectivity index (χ4v) is 4.13. The first-order valence-electron chi connectivity index (χ1n) is 10.8. The summed E-state index contributed by atoms with van der Waals surface area (Å²) in [7, 11) is 0. The minimum absolute atomic E-state index is 0.0607. The molecule has 0 radical (unpaired) electrons. The van der Waals surface area contributed by atoms with E-state index in [4.69, 9.17) is 9.15 Å². The molecule has 0 atom stereocenters. The number of carbonyl (C=O) groups excluding carboxylic acids is 1. The van der Waals surface area contributed by atoms with E-state index in [1.165, 1.54) is 0 Å². The van der Waals surface area contributed by atoms with Gasteiger partial charge in [0.25, 0.3) is 5.91 Å². The maximum Gasteiger partial charge on any atom is 0.255 e. The molecule has 2 heterocycles. The molecule has 5 nitrogen and oxygen atoms in total. The molecule has 30 heavy (non-hydrogen) atoms. The molecule has 1 amide bonds. The molecular weight excluding hydrogens is 376 g/mol. The highest BCUT2D eigenvalue weighted by atomic mass is 16.5. The van der Waals surface area contributed by atoms with Crippen molar-refractivity contribution in [2.24, 2.45) is 0 Å². The number of furan rings is 1. The molecule has 1 fully saturated rings. The van der Waals surface area contributed by atoms with E-state index in [-0.39, 0.29) is 11.9 Å². The van der Waals surface area contributed by atoms with E-state index in [0.717, 1.165) is 42.6 Å². The zero-order valence-corrected chi connectivity index (χ0v) is 18.0. The lowest BCUT2D eigenvalue weighted by molar-refractivity contribution is 0.0900. The molecular formula is C25H30N2O3. The molecule has 0 bridgehead atoms. The minimum atomic E-state index is -0.0607. The van der Waals surface area contributed by atoms with Gasteiger partial charge < -0.3 is 19.4 Å². The Morgan fingerprint density at radius 1 is 1.17 bits per heavy atom. The number of aryl methyl sites for hydroxylation is 1. The van der Waals surface area contributed by atoms with Crippen LogP contribution in [-0.2, 0) is 6.61 Å². The van der Waals surface area contributed by atoms with Crippen LogP contribution in [0.4, 0.5) is 0 Å². The lowest BCUT2D eigenvalue weighted by atomic mass is 10.0. The highest BCUT2D eigenvalue weighted by Gasteiger charge is 2.25. The zero-order valence-electron chi connectivity index (χ0n) is 18.0. The van der Waals surface area contributed by atoms with Gasteiger partial charge in [0.15, 0.2) is 0 Å². The number of likely N-dealkylation sites (tertiary alicyclic amines) is 1. The molecule has 158 valence electrons. The molecule has 1 N–H and O–H groups in total. The standard InChI is InChI=1S/C25H30N2O3/c1-17(2)27-13-11-20(12-14-27)26-25(28)24-18(3)30-23-10-9-21(15-22(23)24)29-16-19-7-5-4-6-8-19/h4-10,15,17,20H,11-14,16H2,1-3H3,(H,26,28). The van der Waals surface area contributed by atoms with E-state index in [1.54, 1.807) is 0 Å². The van der Waals surface area contributed by atoms with Gasteiger partial charge in [0.1, 0.15) is 23.7 Å². The van der Waals surface area contributed by atoms with E-state index in [9.17, 15) is 4.79 Å². The van der Waals surface area contributed by atoms with Crippen molar-refractivity contribution in [2.45, 2.75) is 52.3 Å². The van der Waals surface area contributed by atoms with Crippen molar-refractivity contribution in [3.8, 4) is 5.75 Å². The summed E-state index contributed by atoms with van der Waals surface area (Å²) in [5.41, 5.74) is 2.42. The highest BCUT2D eigenvalue weighted by molar-refractivity contribution is 6.07. The smallest absolute Gasteiger partial charge is 0.255 e. The molecule has 0 unspecified atom stereocenters. The average molecular weight is 407 g/mol. The van der Waals surface area contributed by atoms with Crippen LogP contribution in [0.2, 0.25) is 0 Å². The molecule has 2 aromatic carbocycles. The number of ether oxygens (including phenoxy) is 1. The van der Waals surface area contributed by atoms with Gasteiger partial charge in [0.05, 0.1) is 5.56 Å². The Balaban J connectivity index is 1.47. The van der Waals surface area contributed by atoms with Crippen molar-refractivity contribution in [3.05, 3.63) is 65.4 Å². The maximum absolute atomic E-state index is 13.1. The first-order chi connectivity index (χ1) is 14.5. The third-order valence-electron chi connectivity index (χ3n) is 5.91. The first kappa shape index (κ1) is 20.5. The predicted molar refractivity (Wildman–Crippen MR) is 119 cm³/mol. The molecule has 0 spiro atoms.